The molecule has 1 amide bonds. The van der Waals surface area contributed by atoms with Crippen LogP contribution in [0.5, 0.6) is 11.5 Å². The van der Waals surface area contributed by atoms with Crippen molar-refractivity contribution >= 4 is 21.8 Å². The zero-order chi connectivity index (χ0) is 16.5. The molecule has 1 atom stereocenters. The Kier molecular flexibility index (Phi) is 4.19. The van der Waals surface area contributed by atoms with Gasteiger partial charge in [-0.05, 0) is 54.8 Å². The molecule has 0 spiro atoms. The van der Waals surface area contributed by atoms with Crippen LogP contribution < -0.4 is 9.47 Å². The number of halogens is 1. The lowest BCUT2D eigenvalue weighted by atomic mass is 10.0. The van der Waals surface area contributed by atoms with E-state index in [1.165, 1.54) is 0 Å². The van der Waals surface area contributed by atoms with E-state index in [-0.39, 0.29) is 11.9 Å². The highest BCUT2D eigenvalue weighted by atomic mass is 79.9. The standard InChI is InChI=1S/C19H18BrNO3/c20-15-6-3-13(4-7-15)19(22)21-9-1-2-16(21)14-5-8-17-18(12-14)24-11-10-23-17/h3-8,12,16H,1-2,9-11H2/t16-/m1/s1. The fourth-order valence-electron chi connectivity index (χ4n) is 3.38. The first-order valence-corrected chi connectivity index (χ1v) is 8.98. The normalized spacial score (nSPS) is 19.4. The Morgan fingerprint density at radius 1 is 1.04 bits per heavy atom. The first-order valence-electron chi connectivity index (χ1n) is 8.18. The summed E-state index contributed by atoms with van der Waals surface area (Å²) in [6.45, 7) is 1.95. The van der Waals surface area contributed by atoms with Crippen molar-refractivity contribution in [3.8, 4) is 11.5 Å². The van der Waals surface area contributed by atoms with Crippen molar-refractivity contribution in [1.82, 2.24) is 4.90 Å². The highest BCUT2D eigenvalue weighted by molar-refractivity contribution is 9.10. The van der Waals surface area contributed by atoms with Crippen molar-refractivity contribution in [2.45, 2.75) is 18.9 Å². The summed E-state index contributed by atoms with van der Waals surface area (Å²) >= 11 is 3.41. The predicted molar refractivity (Wildman–Crippen MR) is 94.6 cm³/mol. The fourth-order valence-corrected chi connectivity index (χ4v) is 3.65. The first kappa shape index (κ1) is 15.5. The number of hydrogen-bond donors (Lipinski definition) is 0. The van der Waals surface area contributed by atoms with Gasteiger partial charge in [0.25, 0.3) is 5.91 Å². The molecule has 2 aliphatic heterocycles. The Hall–Kier alpha value is -2.01. The average Bonchev–Trinajstić information content (AvgIpc) is 3.11. The largest absolute Gasteiger partial charge is 0.486 e. The van der Waals surface area contributed by atoms with Crippen LogP contribution in [0.2, 0.25) is 0 Å². The van der Waals surface area contributed by atoms with E-state index in [0.29, 0.717) is 13.2 Å². The molecule has 4 nitrogen and oxygen atoms in total. The molecule has 2 aliphatic rings. The number of likely N-dealkylation sites (tertiary alicyclic amines) is 1. The predicted octanol–water partition coefficient (Wildman–Crippen LogP) is 4.20. The van der Waals surface area contributed by atoms with E-state index in [9.17, 15) is 4.79 Å². The Labute approximate surface area is 149 Å². The highest BCUT2D eigenvalue weighted by Crippen LogP contribution is 2.38. The summed E-state index contributed by atoms with van der Waals surface area (Å²) in [7, 11) is 0. The second-order valence-corrected chi connectivity index (χ2v) is 6.98. The quantitative estimate of drug-likeness (QED) is 0.774. The van der Waals surface area contributed by atoms with Gasteiger partial charge in [0.1, 0.15) is 13.2 Å². The molecule has 24 heavy (non-hydrogen) atoms. The van der Waals surface area contributed by atoms with Crippen LogP contribution in [-0.4, -0.2) is 30.6 Å². The maximum absolute atomic E-state index is 12.9. The van der Waals surface area contributed by atoms with Gasteiger partial charge in [0.15, 0.2) is 11.5 Å². The maximum Gasteiger partial charge on any atom is 0.254 e. The van der Waals surface area contributed by atoms with E-state index < -0.39 is 0 Å². The van der Waals surface area contributed by atoms with Gasteiger partial charge in [0, 0.05) is 16.6 Å². The third kappa shape index (κ3) is 2.88. The van der Waals surface area contributed by atoms with Gasteiger partial charge in [-0.25, -0.2) is 0 Å². The average molecular weight is 388 g/mol. The number of ether oxygens (including phenoxy) is 2. The molecule has 5 heteroatoms. The van der Waals surface area contributed by atoms with E-state index in [4.69, 9.17) is 9.47 Å². The van der Waals surface area contributed by atoms with Gasteiger partial charge in [-0.15, -0.1) is 0 Å². The summed E-state index contributed by atoms with van der Waals surface area (Å²) < 4.78 is 12.2. The second-order valence-electron chi connectivity index (χ2n) is 6.07. The Morgan fingerprint density at radius 2 is 1.79 bits per heavy atom. The number of amides is 1. The van der Waals surface area contributed by atoms with Crippen LogP contribution in [-0.2, 0) is 0 Å². The maximum atomic E-state index is 12.9. The Bertz CT molecular complexity index is 760. The van der Waals surface area contributed by atoms with Crippen molar-refractivity contribution in [1.29, 1.82) is 0 Å². The third-order valence-corrected chi connectivity index (χ3v) is 5.08. The highest BCUT2D eigenvalue weighted by Gasteiger charge is 2.31. The molecule has 2 aromatic carbocycles. The molecule has 0 saturated carbocycles. The van der Waals surface area contributed by atoms with Gasteiger partial charge in [0.2, 0.25) is 0 Å². The van der Waals surface area contributed by atoms with E-state index in [1.807, 2.05) is 47.4 Å². The number of benzene rings is 2. The van der Waals surface area contributed by atoms with Gasteiger partial charge >= 0.3 is 0 Å². The minimum Gasteiger partial charge on any atom is -0.486 e. The number of rotatable bonds is 2. The van der Waals surface area contributed by atoms with Crippen molar-refractivity contribution in [3.05, 3.63) is 58.1 Å². The van der Waals surface area contributed by atoms with Gasteiger partial charge in [0.05, 0.1) is 6.04 Å². The van der Waals surface area contributed by atoms with E-state index in [1.54, 1.807) is 0 Å². The molecule has 2 aromatic rings. The summed E-state index contributed by atoms with van der Waals surface area (Å²) in [5.41, 5.74) is 1.84. The molecule has 0 bridgehead atoms. The molecule has 0 aromatic heterocycles. The number of nitrogens with zero attached hydrogens (tertiary/aromatic N) is 1. The molecule has 1 saturated heterocycles. The summed E-state index contributed by atoms with van der Waals surface area (Å²) in [6.07, 6.45) is 1.99. The van der Waals surface area contributed by atoms with Gasteiger partial charge in [-0.2, -0.15) is 0 Å². The van der Waals surface area contributed by atoms with Gasteiger partial charge in [-0.3, -0.25) is 4.79 Å². The molecule has 0 aliphatic carbocycles. The van der Waals surface area contributed by atoms with Gasteiger partial charge < -0.3 is 14.4 Å². The van der Waals surface area contributed by atoms with Crippen LogP contribution in [0.3, 0.4) is 0 Å². The molecule has 2 heterocycles. The number of fused-ring (bicyclic) bond motifs is 1. The minimum absolute atomic E-state index is 0.0832. The summed E-state index contributed by atoms with van der Waals surface area (Å²) in [4.78, 5) is 14.9. The molecule has 0 N–H and O–H groups in total. The molecule has 4 rings (SSSR count). The van der Waals surface area contributed by atoms with Crippen molar-refractivity contribution in [3.63, 3.8) is 0 Å². The van der Waals surface area contributed by atoms with E-state index in [2.05, 4.69) is 15.9 Å². The van der Waals surface area contributed by atoms with Gasteiger partial charge in [-0.1, -0.05) is 22.0 Å². The first-order chi connectivity index (χ1) is 11.7. The smallest absolute Gasteiger partial charge is 0.254 e. The Morgan fingerprint density at radius 3 is 2.58 bits per heavy atom. The van der Waals surface area contributed by atoms with E-state index >= 15 is 0 Å². The zero-order valence-corrected chi connectivity index (χ0v) is 14.8. The summed E-state index contributed by atoms with van der Waals surface area (Å²) in [6, 6.07) is 13.7. The Balaban J connectivity index is 1.60. The van der Waals surface area contributed by atoms with Crippen LogP contribution in [0.15, 0.2) is 46.9 Å². The summed E-state index contributed by atoms with van der Waals surface area (Å²) in [5.74, 6) is 1.65. The molecule has 124 valence electrons. The van der Waals surface area contributed by atoms with Crippen molar-refractivity contribution in [2.75, 3.05) is 19.8 Å². The van der Waals surface area contributed by atoms with Crippen LogP contribution in [0.1, 0.15) is 34.8 Å². The zero-order valence-electron chi connectivity index (χ0n) is 13.2. The van der Waals surface area contributed by atoms with Crippen LogP contribution >= 0.6 is 15.9 Å². The second kappa shape index (κ2) is 6.48. The van der Waals surface area contributed by atoms with E-state index in [0.717, 1.165) is 46.5 Å². The SMILES string of the molecule is O=C(c1ccc(Br)cc1)N1CCC[C@@H]1c1ccc2c(c1)OCCO2. The minimum atomic E-state index is 0.0832. The van der Waals surface area contributed by atoms with Crippen LogP contribution in [0, 0.1) is 0 Å². The van der Waals surface area contributed by atoms with Crippen LogP contribution in [0.4, 0.5) is 0 Å². The molecular formula is C19H18BrNO3. The molecule has 0 unspecified atom stereocenters. The fraction of sp³-hybridized carbons (Fsp3) is 0.316. The molecular weight excluding hydrogens is 370 g/mol. The monoisotopic (exact) mass is 387 g/mol. The van der Waals surface area contributed by atoms with Crippen molar-refractivity contribution < 1.29 is 14.3 Å². The van der Waals surface area contributed by atoms with Crippen LogP contribution in [0.25, 0.3) is 0 Å². The lowest BCUT2D eigenvalue weighted by Gasteiger charge is -2.27. The number of carbonyl (C=O) groups excluding carboxylic acids is 1. The number of carbonyl (C=O) groups is 1. The molecule has 1 fully saturated rings. The lowest BCUT2D eigenvalue weighted by molar-refractivity contribution is 0.0735. The number of hydrogen-bond acceptors (Lipinski definition) is 3. The lowest BCUT2D eigenvalue weighted by Crippen LogP contribution is -2.30. The molecule has 0 radical (unpaired) electrons. The topological polar surface area (TPSA) is 38.8 Å². The van der Waals surface area contributed by atoms with Crippen molar-refractivity contribution in [2.24, 2.45) is 0 Å². The summed E-state index contributed by atoms with van der Waals surface area (Å²) in [5, 5.41) is 0. The third-order valence-electron chi connectivity index (χ3n) is 4.56.